The minimum Gasteiger partial charge on any atom is -0.122 e. The molecular formula is C13H18Cl2. The first-order chi connectivity index (χ1) is 7.00. The highest BCUT2D eigenvalue weighted by molar-refractivity contribution is 6.30. The van der Waals surface area contributed by atoms with Crippen LogP contribution in [0.15, 0.2) is 24.3 Å². The second-order valence-electron chi connectivity index (χ2n) is 4.45. The van der Waals surface area contributed by atoms with Crippen molar-refractivity contribution in [3.05, 3.63) is 34.9 Å². The van der Waals surface area contributed by atoms with Crippen molar-refractivity contribution in [2.45, 2.75) is 32.6 Å². The number of hydrogen-bond acceptors (Lipinski definition) is 0. The summed E-state index contributed by atoms with van der Waals surface area (Å²) < 4.78 is 0. The highest BCUT2D eigenvalue weighted by Crippen LogP contribution is 2.23. The van der Waals surface area contributed by atoms with E-state index in [0.717, 1.165) is 11.4 Å². The van der Waals surface area contributed by atoms with Crippen LogP contribution in [0, 0.1) is 11.8 Å². The highest BCUT2D eigenvalue weighted by atomic mass is 35.5. The Morgan fingerprint density at radius 2 is 1.60 bits per heavy atom. The van der Waals surface area contributed by atoms with Crippen molar-refractivity contribution < 1.29 is 0 Å². The molecule has 0 saturated carbocycles. The molecule has 0 N–H and O–H groups in total. The van der Waals surface area contributed by atoms with Crippen molar-refractivity contribution in [2.75, 3.05) is 0 Å². The van der Waals surface area contributed by atoms with Crippen LogP contribution >= 0.6 is 23.2 Å². The largest absolute Gasteiger partial charge is 0.122 e. The fourth-order valence-corrected chi connectivity index (χ4v) is 2.04. The molecule has 0 aliphatic carbocycles. The fourth-order valence-electron chi connectivity index (χ4n) is 1.45. The molecule has 0 radical (unpaired) electrons. The summed E-state index contributed by atoms with van der Waals surface area (Å²) in [5.41, 5.74) is 1.26. The molecule has 0 spiro atoms. The van der Waals surface area contributed by atoms with E-state index in [2.05, 4.69) is 20.8 Å². The van der Waals surface area contributed by atoms with Crippen molar-refractivity contribution in [3.63, 3.8) is 0 Å². The summed E-state index contributed by atoms with van der Waals surface area (Å²) in [4.78, 5) is 0. The Labute approximate surface area is 103 Å². The first kappa shape index (κ1) is 12.9. The van der Waals surface area contributed by atoms with Crippen LogP contribution in [-0.4, -0.2) is 5.38 Å². The molecule has 1 aromatic rings. The van der Waals surface area contributed by atoms with Crippen LogP contribution in [0.4, 0.5) is 0 Å². The lowest BCUT2D eigenvalue weighted by molar-refractivity contribution is 0.399. The number of hydrogen-bond donors (Lipinski definition) is 0. The summed E-state index contributed by atoms with van der Waals surface area (Å²) >= 11 is 12.2. The van der Waals surface area contributed by atoms with Crippen molar-refractivity contribution >= 4 is 23.2 Å². The molecule has 0 nitrogen and oxygen atoms in total. The molecular weight excluding hydrogens is 227 g/mol. The van der Waals surface area contributed by atoms with Crippen LogP contribution in [0.2, 0.25) is 5.02 Å². The molecule has 2 unspecified atom stereocenters. The molecule has 0 aliphatic rings. The van der Waals surface area contributed by atoms with Crippen molar-refractivity contribution in [3.8, 4) is 0 Å². The Morgan fingerprint density at radius 1 is 1.07 bits per heavy atom. The Hall–Kier alpha value is -0.200. The molecule has 0 fully saturated rings. The maximum Gasteiger partial charge on any atom is 0.0406 e. The lowest BCUT2D eigenvalue weighted by Crippen LogP contribution is -2.19. The summed E-state index contributed by atoms with van der Waals surface area (Å²) in [7, 11) is 0. The van der Waals surface area contributed by atoms with Gasteiger partial charge >= 0.3 is 0 Å². The molecule has 2 atom stereocenters. The van der Waals surface area contributed by atoms with E-state index in [9.17, 15) is 0 Å². The van der Waals surface area contributed by atoms with E-state index in [4.69, 9.17) is 23.2 Å². The van der Waals surface area contributed by atoms with Gasteiger partial charge in [-0.25, -0.2) is 0 Å². The van der Waals surface area contributed by atoms with Gasteiger partial charge in [0.2, 0.25) is 0 Å². The second-order valence-corrected chi connectivity index (χ2v) is 5.45. The zero-order valence-electron chi connectivity index (χ0n) is 9.50. The van der Waals surface area contributed by atoms with Gasteiger partial charge in [0, 0.05) is 10.4 Å². The number of alkyl halides is 1. The molecule has 0 aromatic heterocycles. The van der Waals surface area contributed by atoms with Crippen LogP contribution in [-0.2, 0) is 6.42 Å². The van der Waals surface area contributed by atoms with E-state index in [1.165, 1.54) is 5.56 Å². The predicted molar refractivity (Wildman–Crippen MR) is 68.8 cm³/mol. The van der Waals surface area contributed by atoms with Gasteiger partial charge in [0.05, 0.1) is 0 Å². The quantitative estimate of drug-likeness (QED) is 0.669. The van der Waals surface area contributed by atoms with E-state index >= 15 is 0 Å². The number of rotatable bonds is 4. The van der Waals surface area contributed by atoms with Crippen molar-refractivity contribution in [1.29, 1.82) is 0 Å². The first-order valence-corrected chi connectivity index (χ1v) is 6.20. The molecule has 0 saturated heterocycles. The van der Waals surface area contributed by atoms with E-state index < -0.39 is 0 Å². The molecule has 0 amide bonds. The van der Waals surface area contributed by atoms with Gasteiger partial charge in [-0.05, 0) is 36.0 Å². The summed E-state index contributed by atoms with van der Waals surface area (Å²) in [6.07, 6.45) is 0.915. The predicted octanol–water partition coefficient (Wildman–Crippen LogP) is 4.78. The molecule has 0 bridgehead atoms. The van der Waals surface area contributed by atoms with Gasteiger partial charge in [0.15, 0.2) is 0 Å². The summed E-state index contributed by atoms with van der Waals surface area (Å²) in [6, 6.07) is 7.93. The molecule has 84 valence electrons. The fraction of sp³-hybridized carbons (Fsp3) is 0.538. The highest BCUT2D eigenvalue weighted by Gasteiger charge is 2.17. The van der Waals surface area contributed by atoms with Crippen LogP contribution < -0.4 is 0 Å². The Balaban J connectivity index is 2.58. The monoisotopic (exact) mass is 244 g/mol. The molecule has 1 rings (SSSR count). The van der Waals surface area contributed by atoms with E-state index in [1.807, 2.05) is 24.3 Å². The third-order valence-corrected chi connectivity index (χ3v) is 3.77. The van der Waals surface area contributed by atoms with Crippen molar-refractivity contribution in [1.82, 2.24) is 0 Å². The minimum atomic E-state index is 0.200. The lowest BCUT2D eigenvalue weighted by Gasteiger charge is -2.21. The number of benzene rings is 1. The van der Waals surface area contributed by atoms with Gasteiger partial charge in [0.25, 0.3) is 0 Å². The molecule has 2 heteroatoms. The molecule has 0 heterocycles. The average Bonchev–Trinajstić information content (AvgIpc) is 2.20. The van der Waals surface area contributed by atoms with E-state index in [-0.39, 0.29) is 5.38 Å². The van der Waals surface area contributed by atoms with Crippen LogP contribution in [0.3, 0.4) is 0 Å². The van der Waals surface area contributed by atoms with Crippen LogP contribution in [0.1, 0.15) is 26.3 Å². The molecule has 1 aromatic carbocycles. The average molecular weight is 245 g/mol. The topological polar surface area (TPSA) is 0 Å². The maximum atomic E-state index is 6.37. The summed E-state index contributed by atoms with van der Waals surface area (Å²) in [5, 5.41) is 0.980. The lowest BCUT2D eigenvalue weighted by atomic mass is 9.91. The third-order valence-electron chi connectivity index (χ3n) is 2.97. The zero-order valence-corrected chi connectivity index (χ0v) is 11.0. The van der Waals surface area contributed by atoms with E-state index in [1.54, 1.807) is 0 Å². The van der Waals surface area contributed by atoms with Crippen molar-refractivity contribution in [2.24, 2.45) is 11.8 Å². The Kier molecular flexibility index (Phi) is 4.95. The van der Waals surface area contributed by atoms with Gasteiger partial charge in [-0.3, -0.25) is 0 Å². The normalized spacial score (nSPS) is 15.3. The SMILES string of the molecule is CC(C)C(C)C(Cl)Cc1ccc(Cl)cc1. The van der Waals surface area contributed by atoms with Gasteiger partial charge in [0.1, 0.15) is 0 Å². The zero-order chi connectivity index (χ0) is 11.4. The van der Waals surface area contributed by atoms with Gasteiger partial charge in [-0.2, -0.15) is 0 Å². The van der Waals surface area contributed by atoms with Crippen LogP contribution in [0.25, 0.3) is 0 Å². The maximum absolute atomic E-state index is 6.37. The summed E-state index contributed by atoms with van der Waals surface area (Å²) in [5.74, 6) is 1.15. The Bertz CT molecular complexity index is 290. The third kappa shape index (κ3) is 4.04. The standard InChI is InChI=1S/C13H18Cl2/c1-9(2)10(3)13(15)8-11-4-6-12(14)7-5-11/h4-7,9-10,13H,8H2,1-3H3. The van der Waals surface area contributed by atoms with Gasteiger partial charge in [-0.1, -0.05) is 44.5 Å². The van der Waals surface area contributed by atoms with Gasteiger partial charge < -0.3 is 0 Å². The second kappa shape index (κ2) is 5.77. The minimum absolute atomic E-state index is 0.200. The van der Waals surface area contributed by atoms with Gasteiger partial charge in [-0.15, -0.1) is 11.6 Å². The smallest absolute Gasteiger partial charge is 0.0406 e. The summed E-state index contributed by atoms with van der Waals surface area (Å²) in [6.45, 7) is 6.63. The first-order valence-electron chi connectivity index (χ1n) is 5.39. The van der Waals surface area contributed by atoms with E-state index in [0.29, 0.717) is 11.8 Å². The number of halogens is 2. The van der Waals surface area contributed by atoms with Crippen LogP contribution in [0.5, 0.6) is 0 Å². The Morgan fingerprint density at radius 3 is 2.07 bits per heavy atom. The molecule has 0 aliphatic heterocycles. The molecule has 15 heavy (non-hydrogen) atoms.